The lowest BCUT2D eigenvalue weighted by Crippen LogP contribution is -2.35. The van der Waals surface area contributed by atoms with Gasteiger partial charge in [-0.15, -0.1) is 0 Å². The first kappa shape index (κ1) is 24.0. The maximum Gasteiger partial charge on any atom is 0.261 e. The Hall–Kier alpha value is -3.24. The average Bonchev–Trinajstić information content (AvgIpc) is 2.81. The summed E-state index contributed by atoms with van der Waals surface area (Å²) in [6.45, 7) is 9.69. The van der Waals surface area contributed by atoms with Gasteiger partial charge in [0.25, 0.3) is 5.91 Å². The molecule has 0 unspecified atom stereocenters. The lowest BCUT2D eigenvalue weighted by molar-refractivity contribution is -0.127. The minimum atomic E-state index is -0.669. The molecule has 0 radical (unpaired) electrons. The van der Waals surface area contributed by atoms with Gasteiger partial charge in [-0.25, -0.2) is 0 Å². The fourth-order valence-electron chi connectivity index (χ4n) is 2.96. The topological polar surface area (TPSA) is 83.8 Å². The zero-order chi connectivity index (χ0) is 22.6. The molecule has 0 saturated heterocycles. The molecular weight excluding hydrogens is 394 g/mol. The molecule has 7 heteroatoms. The van der Waals surface area contributed by atoms with Gasteiger partial charge in [0.2, 0.25) is 0 Å². The zero-order valence-electron chi connectivity index (χ0n) is 18.7. The van der Waals surface area contributed by atoms with Crippen molar-refractivity contribution in [3.63, 3.8) is 0 Å². The van der Waals surface area contributed by atoms with Crippen LogP contribution < -0.4 is 19.5 Å². The third-order valence-electron chi connectivity index (χ3n) is 4.92. The summed E-state index contributed by atoms with van der Waals surface area (Å²) in [5.74, 6) is 1.62. The molecule has 2 aromatic carbocycles. The van der Waals surface area contributed by atoms with Crippen LogP contribution in [-0.2, 0) is 11.3 Å². The summed E-state index contributed by atoms with van der Waals surface area (Å²) in [7, 11) is 1.60. The van der Waals surface area contributed by atoms with E-state index in [1.54, 1.807) is 38.3 Å². The number of hydrogen-bond donors (Lipinski definition) is 1. The number of amides is 1. The van der Waals surface area contributed by atoms with Crippen molar-refractivity contribution in [2.24, 2.45) is 0 Å². The van der Waals surface area contributed by atoms with Crippen molar-refractivity contribution in [2.75, 3.05) is 33.4 Å². The van der Waals surface area contributed by atoms with E-state index in [1.165, 1.54) is 0 Å². The van der Waals surface area contributed by atoms with Crippen LogP contribution in [0.25, 0.3) is 0 Å². The number of ether oxygens (including phenoxy) is 3. The lowest BCUT2D eigenvalue weighted by Gasteiger charge is -2.19. The molecule has 166 valence electrons. The van der Waals surface area contributed by atoms with Gasteiger partial charge in [-0.05, 0) is 62.0 Å². The first-order valence-electron chi connectivity index (χ1n) is 10.5. The van der Waals surface area contributed by atoms with Gasteiger partial charge in [-0.3, -0.25) is 4.79 Å². The number of methoxy groups -OCH3 is 1. The van der Waals surface area contributed by atoms with E-state index in [2.05, 4.69) is 24.1 Å². The van der Waals surface area contributed by atoms with Crippen LogP contribution in [0.15, 0.2) is 42.5 Å². The molecule has 0 aliphatic heterocycles. The van der Waals surface area contributed by atoms with Crippen LogP contribution >= 0.6 is 0 Å². The average molecular weight is 426 g/mol. The summed E-state index contributed by atoms with van der Waals surface area (Å²) in [4.78, 5) is 14.7. The first-order valence-corrected chi connectivity index (χ1v) is 10.5. The van der Waals surface area contributed by atoms with Crippen molar-refractivity contribution < 1.29 is 19.0 Å². The summed E-state index contributed by atoms with van der Waals surface area (Å²) < 4.78 is 17.0. The molecule has 31 heavy (non-hydrogen) atoms. The molecule has 0 bridgehead atoms. The highest BCUT2D eigenvalue weighted by Crippen LogP contribution is 2.28. The molecule has 0 fully saturated rings. The third-order valence-corrected chi connectivity index (χ3v) is 4.92. The molecule has 1 amide bonds. The molecular formula is C24H31N3O4. The Labute approximate surface area is 184 Å². The zero-order valence-corrected chi connectivity index (χ0v) is 18.7. The van der Waals surface area contributed by atoms with Crippen LogP contribution in [0.5, 0.6) is 17.2 Å². The van der Waals surface area contributed by atoms with Gasteiger partial charge in [-0.2, -0.15) is 5.26 Å². The number of carbonyl (C=O) groups is 1. The van der Waals surface area contributed by atoms with Crippen molar-refractivity contribution in [1.29, 1.82) is 5.26 Å². The first-order chi connectivity index (χ1) is 15.0. The summed E-state index contributed by atoms with van der Waals surface area (Å²) >= 11 is 0. The molecule has 0 aliphatic rings. The van der Waals surface area contributed by atoms with Crippen molar-refractivity contribution in [1.82, 2.24) is 10.2 Å². The number of carbonyl (C=O) groups excluding carboxylic acids is 1. The van der Waals surface area contributed by atoms with E-state index in [0.29, 0.717) is 36.0 Å². The van der Waals surface area contributed by atoms with Gasteiger partial charge in [0.15, 0.2) is 17.6 Å². The maximum atomic E-state index is 12.4. The predicted octanol–water partition coefficient (Wildman–Crippen LogP) is 3.37. The number of nitrogens with one attached hydrogen (secondary N) is 1. The molecule has 1 N–H and O–H groups in total. The summed E-state index contributed by atoms with van der Waals surface area (Å²) in [6.07, 6.45) is -0.669. The van der Waals surface area contributed by atoms with Crippen LogP contribution in [0.3, 0.4) is 0 Å². The fourth-order valence-corrected chi connectivity index (χ4v) is 2.96. The highest BCUT2D eigenvalue weighted by Gasteiger charge is 2.15. The van der Waals surface area contributed by atoms with E-state index < -0.39 is 6.10 Å². The van der Waals surface area contributed by atoms with Crippen LogP contribution in [-0.4, -0.2) is 50.3 Å². The maximum absolute atomic E-state index is 12.4. The van der Waals surface area contributed by atoms with E-state index in [1.807, 2.05) is 24.3 Å². The molecule has 0 spiro atoms. The molecule has 2 aromatic rings. The number of likely N-dealkylation sites (N-methyl/N-ethyl adjacent to an activating group) is 1. The molecule has 0 saturated carbocycles. The Morgan fingerprint density at radius 1 is 1.13 bits per heavy atom. The quantitative estimate of drug-likeness (QED) is 0.561. The minimum absolute atomic E-state index is 0.233. The van der Waals surface area contributed by atoms with Crippen molar-refractivity contribution >= 4 is 5.91 Å². The SMILES string of the molecule is CCN(CC)CCOc1ccc(CNC(=O)[C@H](C)Oc2ccc(C#N)cc2)cc1OC. The smallest absolute Gasteiger partial charge is 0.261 e. The van der Waals surface area contributed by atoms with E-state index in [0.717, 1.165) is 25.2 Å². The highest BCUT2D eigenvalue weighted by atomic mass is 16.5. The fraction of sp³-hybridized carbons (Fsp3) is 0.417. The molecule has 2 rings (SSSR count). The van der Waals surface area contributed by atoms with Crippen molar-refractivity contribution in [3.05, 3.63) is 53.6 Å². The Morgan fingerprint density at radius 3 is 2.45 bits per heavy atom. The number of rotatable bonds is 12. The molecule has 1 atom stereocenters. The summed E-state index contributed by atoms with van der Waals surface area (Å²) in [5.41, 5.74) is 1.44. The highest BCUT2D eigenvalue weighted by molar-refractivity contribution is 5.80. The molecule has 0 aromatic heterocycles. The number of nitrogens with zero attached hydrogens (tertiary/aromatic N) is 2. The summed E-state index contributed by atoms with van der Waals surface area (Å²) in [5, 5.41) is 11.7. The molecule has 7 nitrogen and oxygen atoms in total. The van der Waals surface area contributed by atoms with E-state index >= 15 is 0 Å². The number of benzene rings is 2. The van der Waals surface area contributed by atoms with Gasteiger partial charge in [0.05, 0.1) is 18.7 Å². The van der Waals surface area contributed by atoms with E-state index in [4.69, 9.17) is 19.5 Å². The van der Waals surface area contributed by atoms with Crippen molar-refractivity contribution in [2.45, 2.75) is 33.4 Å². The molecule has 0 heterocycles. The van der Waals surface area contributed by atoms with Gasteiger partial charge >= 0.3 is 0 Å². The normalized spacial score (nSPS) is 11.5. The lowest BCUT2D eigenvalue weighted by atomic mass is 10.2. The second-order valence-corrected chi connectivity index (χ2v) is 6.97. The second kappa shape index (κ2) is 12.5. The summed E-state index contributed by atoms with van der Waals surface area (Å²) in [6, 6.07) is 14.3. The van der Waals surface area contributed by atoms with Gasteiger partial charge in [0, 0.05) is 13.1 Å². The number of nitriles is 1. The minimum Gasteiger partial charge on any atom is -0.493 e. The van der Waals surface area contributed by atoms with Crippen LogP contribution in [0, 0.1) is 11.3 Å². The monoisotopic (exact) mass is 425 g/mol. The van der Waals surface area contributed by atoms with E-state index in [-0.39, 0.29) is 5.91 Å². The Balaban J connectivity index is 1.87. The van der Waals surface area contributed by atoms with Gasteiger partial charge < -0.3 is 24.4 Å². The van der Waals surface area contributed by atoms with E-state index in [9.17, 15) is 4.79 Å². The largest absolute Gasteiger partial charge is 0.493 e. The van der Waals surface area contributed by atoms with Gasteiger partial charge in [0.1, 0.15) is 12.4 Å². The number of hydrogen-bond acceptors (Lipinski definition) is 6. The predicted molar refractivity (Wildman–Crippen MR) is 119 cm³/mol. The Morgan fingerprint density at radius 2 is 1.84 bits per heavy atom. The second-order valence-electron chi connectivity index (χ2n) is 6.97. The standard InChI is InChI=1S/C24H31N3O4/c1-5-27(6-2)13-14-30-22-12-9-20(15-23(22)29-4)17-26-24(28)18(3)31-21-10-7-19(16-25)8-11-21/h7-12,15,18H,5-6,13-14,17H2,1-4H3,(H,26,28)/t18-/m0/s1. The molecule has 0 aliphatic carbocycles. The van der Waals surface area contributed by atoms with Crippen LogP contribution in [0.1, 0.15) is 31.9 Å². The Kier molecular flexibility index (Phi) is 9.66. The van der Waals surface area contributed by atoms with Crippen molar-refractivity contribution in [3.8, 4) is 23.3 Å². The Bertz CT molecular complexity index is 873. The van der Waals surface area contributed by atoms with Crippen LogP contribution in [0.2, 0.25) is 0 Å². The van der Waals surface area contributed by atoms with Crippen LogP contribution in [0.4, 0.5) is 0 Å². The van der Waals surface area contributed by atoms with Gasteiger partial charge in [-0.1, -0.05) is 19.9 Å². The third kappa shape index (κ3) is 7.50.